The van der Waals surface area contributed by atoms with Gasteiger partial charge in [-0.15, -0.1) is 0 Å². The Bertz CT molecular complexity index is 1150. The number of carbonyl (C=O) groups is 1. The number of fused-ring (bicyclic) bond motifs is 1. The first-order valence-electron chi connectivity index (χ1n) is 11.2. The first-order valence-corrected chi connectivity index (χ1v) is 11.2. The van der Waals surface area contributed by atoms with Gasteiger partial charge in [0.2, 0.25) is 0 Å². The highest BCUT2D eigenvalue weighted by Crippen LogP contribution is 2.36. The number of hydrogen-bond donors (Lipinski definition) is 2. The third-order valence-electron chi connectivity index (χ3n) is 5.75. The van der Waals surface area contributed by atoms with Gasteiger partial charge in [-0.2, -0.15) is 0 Å². The summed E-state index contributed by atoms with van der Waals surface area (Å²) in [4.78, 5) is 19.4. The van der Waals surface area contributed by atoms with Crippen molar-refractivity contribution in [2.24, 2.45) is 0 Å². The van der Waals surface area contributed by atoms with Crippen molar-refractivity contribution >= 4 is 17.4 Å². The van der Waals surface area contributed by atoms with E-state index in [-0.39, 0.29) is 30.7 Å². The van der Waals surface area contributed by atoms with Crippen molar-refractivity contribution in [2.75, 3.05) is 44.9 Å². The number of halogens is 1. The van der Waals surface area contributed by atoms with Crippen molar-refractivity contribution in [1.82, 2.24) is 10.3 Å². The van der Waals surface area contributed by atoms with Crippen LogP contribution in [0.5, 0.6) is 5.75 Å². The molecule has 0 fully saturated rings. The van der Waals surface area contributed by atoms with Crippen LogP contribution in [0.3, 0.4) is 0 Å². The second-order valence-corrected chi connectivity index (χ2v) is 7.96. The molecule has 0 atom stereocenters. The molecule has 3 aromatic rings. The van der Waals surface area contributed by atoms with Crippen LogP contribution in [-0.2, 0) is 17.6 Å². The highest BCUT2D eigenvalue weighted by molar-refractivity contribution is 5.98. The highest BCUT2D eigenvalue weighted by atomic mass is 19.1. The van der Waals surface area contributed by atoms with Gasteiger partial charge in [0.05, 0.1) is 26.9 Å². The minimum Gasteiger partial charge on any atom is -0.494 e. The normalized spacial score (nSPS) is 12.5. The zero-order valence-electron chi connectivity index (χ0n) is 19.1. The molecule has 2 N–H and O–H groups in total. The van der Waals surface area contributed by atoms with E-state index in [9.17, 15) is 9.18 Å². The predicted octanol–water partition coefficient (Wildman–Crippen LogP) is 3.25. The van der Waals surface area contributed by atoms with Gasteiger partial charge < -0.3 is 24.8 Å². The smallest absolute Gasteiger partial charge is 0.251 e. The summed E-state index contributed by atoms with van der Waals surface area (Å²) in [6, 6.07) is 14.6. The summed E-state index contributed by atoms with van der Waals surface area (Å²) in [5.74, 6) is 0.494. The lowest BCUT2D eigenvalue weighted by Crippen LogP contribution is -2.28. The monoisotopic (exact) mass is 465 g/mol. The molecule has 0 bridgehead atoms. The molecule has 34 heavy (non-hydrogen) atoms. The van der Waals surface area contributed by atoms with Gasteiger partial charge in [0.25, 0.3) is 5.91 Å². The highest BCUT2D eigenvalue weighted by Gasteiger charge is 2.26. The molecule has 178 valence electrons. The van der Waals surface area contributed by atoms with Crippen LogP contribution in [0.1, 0.15) is 27.0 Å². The van der Waals surface area contributed by atoms with E-state index in [1.807, 2.05) is 36.4 Å². The van der Waals surface area contributed by atoms with Gasteiger partial charge in [-0.1, -0.05) is 12.1 Å². The number of anilines is 2. The largest absolute Gasteiger partial charge is 0.494 e. The Morgan fingerprint density at radius 1 is 1.18 bits per heavy atom. The van der Waals surface area contributed by atoms with E-state index in [1.165, 1.54) is 13.2 Å². The van der Waals surface area contributed by atoms with Gasteiger partial charge >= 0.3 is 0 Å². The Balaban J connectivity index is 1.48. The molecule has 8 heteroatoms. The fraction of sp³-hybridized carbons (Fsp3) is 0.308. The number of amides is 1. The van der Waals surface area contributed by atoms with Crippen molar-refractivity contribution in [3.8, 4) is 5.75 Å². The fourth-order valence-corrected chi connectivity index (χ4v) is 4.16. The van der Waals surface area contributed by atoms with Crippen LogP contribution in [0.2, 0.25) is 0 Å². The van der Waals surface area contributed by atoms with Crippen molar-refractivity contribution < 1.29 is 23.8 Å². The third kappa shape index (κ3) is 5.35. The predicted molar refractivity (Wildman–Crippen MR) is 127 cm³/mol. The number of pyridine rings is 1. The van der Waals surface area contributed by atoms with E-state index in [0.717, 1.165) is 34.6 Å². The van der Waals surface area contributed by atoms with E-state index < -0.39 is 0 Å². The second kappa shape index (κ2) is 11.1. The molecular weight excluding hydrogens is 437 g/mol. The molecule has 7 nitrogen and oxygen atoms in total. The van der Waals surface area contributed by atoms with Crippen LogP contribution in [0.15, 0.2) is 54.7 Å². The number of carbonyl (C=O) groups excluding carboxylic acids is 1. The van der Waals surface area contributed by atoms with Crippen LogP contribution in [-0.4, -0.2) is 56.0 Å². The van der Waals surface area contributed by atoms with E-state index in [0.29, 0.717) is 31.7 Å². The average Bonchev–Trinajstić information content (AvgIpc) is 3.28. The van der Waals surface area contributed by atoms with Crippen molar-refractivity contribution in [2.45, 2.75) is 12.8 Å². The van der Waals surface area contributed by atoms with Crippen LogP contribution in [0.4, 0.5) is 15.9 Å². The minimum absolute atomic E-state index is 0.0395. The number of aliphatic hydroxyl groups is 1. The Morgan fingerprint density at radius 3 is 2.82 bits per heavy atom. The quantitative estimate of drug-likeness (QED) is 0.447. The van der Waals surface area contributed by atoms with Crippen molar-refractivity contribution in [1.29, 1.82) is 0 Å². The van der Waals surface area contributed by atoms with E-state index in [1.54, 1.807) is 12.3 Å². The van der Waals surface area contributed by atoms with Gasteiger partial charge in [0, 0.05) is 30.5 Å². The SMILES string of the molecule is COc1ccc(Cc2ccnc(N3CCc4c(C(=O)NCCOCCO)cccc43)c2)cc1F. The van der Waals surface area contributed by atoms with E-state index in [4.69, 9.17) is 14.6 Å². The lowest BCUT2D eigenvalue weighted by molar-refractivity contribution is 0.0837. The summed E-state index contributed by atoms with van der Waals surface area (Å²) >= 11 is 0. The van der Waals surface area contributed by atoms with Crippen LogP contribution < -0.4 is 15.0 Å². The van der Waals surface area contributed by atoms with Gasteiger partial charge in [0.1, 0.15) is 5.82 Å². The summed E-state index contributed by atoms with van der Waals surface area (Å²) in [6.45, 7) is 1.66. The molecule has 1 aliphatic heterocycles. The van der Waals surface area contributed by atoms with Gasteiger partial charge in [-0.3, -0.25) is 4.79 Å². The molecule has 1 aliphatic rings. The number of nitrogens with one attached hydrogen (secondary N) is 1. The Hall–Kier alpha value is -3.49. The van der Waals surface area contributed by atoms with E-state index >= 15 is 0 Å². The maximum atomic E-state index is 14.1. The number of methoxy groups -OCH3 is 1. The molecule has 0 saturated carbocycles. The lowest BCUT2D eigenvalue weighted by atomic mass is 10.0. The standard InChI is InChI=1S/C26H28FN3O4/c1-33-24-6-5-18(16-22(24)27)15-19-7-9-28-25(17-19)30-11-8-20-21(3-2-4-23(20)30)26(32)29-10-13-34-14-12-31/h2-7,9,16-17,31H,8,10-15H2,1H3,(H,29,32). The third-order valence-corrected chi connectivity index (χ3v) is 5.75. The molecule has 0 unspecified atom stereocenters. The maximum absolute atomic E-state index is 14.1. The van der Waals surface area contributed by atoms with Gasteiger partial charge in [-0.05, 0) is 65.9 Å². The maximum Gasteiger partial charge on any atom is 0.251 e. The fourth-order valence-electron chi connectivity index (χ4n) is 4.16. The summed E-state index contributed by atoms with van der Waals surface area (Å²) in [5.41, 5.74) is 4.45. The lowest BCUT2D eigenvalue weighted by Gasteiger charge is -2.19. The van der Waals surface area contributed by atoms with Gasteiger partial charge in [-0.25, -0.2) is 9.37 Å². The number of aromatic nitrogens is 1. The summed E-state index contributed by atoms with van der Waals surface area (Å²) in [5, 5.41) is 11.6. The molecule has 0 spiro atoms. The zero-order valence-corrected chi connectivity index (χ0v) is 19.1. The molecule has 2 heterocycles. The minimum atomic E-state index is -0.381. The Kier molecular flexibility index (Phi) is 7.72. The average molecular weight is 466 g/mol. The number of aliphatic hydroxyl groups excluding tert-OH is 1. The zero-order chi connectivity index (χ0) is 23.9. The van der Waals surface area contributed by atoms with Crippen molar-refractivity contribution in [3.05, 3.63) is 82.8 Å². The molecule has 0 radical (unpaired) electrons. The Morgan fingerprint density at radius 2 is 2.03 bits per heavy atom. The molecule has 1 amide bonds. The molecule has 0 aliphatic carbocycles. The number of rotatable bonds is 10. The topological polar surface area (TPSA) is 83.9 Å². The first kappa shape index (κ1) is 23.7. The number of hydrogen-bond acceptors (Lipinski definition) is 6. The molecule has 2 aromatic carbocycles. The Labute approximate surface area is 198 Å². The van der Waals surface area contributed by atoms with E-state index in [2.05, 4.69) is 15.2 Å². The molecular formula is C26H28FN3O4. The molecule has 0 saturated heterocycles. The number of benzene rings is 2. The molecule has 1 aromatic heterocycles. The van der Waals surface area contributed by atoms with Crippen LogP contribution in [0, 0.1) is 5.82 Å². The summed E-state index contributed by atoms with van der Waals surface area (Å²) in [6.07, 6.45) is 3.05. The van der Waals surface area contributed by atoms with Crippen molar-refractivity contribution in [3.63, 3.8) is 0 Å². The first-order chi connectivity index (χ1) is 16.6. The number of nitrogens with zero attached hydrogens (tertiary/aromatic N) is 2. The molecule has 4 rings (SSSR count). The van der Waals surface area contributed by atoms with Crippen LogP contribution in [0.25, 0.3) is 0 Å². The van der Waals surface area contributed by atoms with Gasteiger partial charge in [0.15, 0.2) is 11.6 Å². The van der Waals surface area contributed by atoms with Crippen LogP contribution >= 0.6 is 0 Å². The summed E-state index contributed by atoms with van der Waals surface area (Å²) in [7, 11) is 1.45. The second-order valence-electron chi connectivity index (χ2n) is 7.96. The summed E-state index contributed by atoms with van der Waals surface area (Å²) < 4.78 is 24.3. The number of ether oxygens (including phenoxy) is 2.